The van der Waals surface area contributed by atoms with Crippen molar-refractivity contribution < 1.29 is 9.18 Å². The van der Waals surface area contributed by atoms with E-state index >= 15 is 0 Å². The summed E-state index contributed by atoms with van der Waals surface area (Å²) in [6.07, 6.45) is 0. The third-order valence-corrected chi connectivity index (χ3v) is 3.11. The largest absolute Gasteiger partial charge is 0.356 e. The number of rotatable bonds is 5. The molecular weight excluding hydrogens is 267 g/mol. The molecule has 0 heterocycles. The van der Waals surface area contributed by atoms with E-state index in [1.165, 1.54) is 6.07 Å². The second-order valence-corrected chi connectivity index (χ2v) is 5.59. The van der Waals surface area contributed by atoms with Crippen molar-refractivity contribution in [1.82, 2.24) is 4.90 Å². The molecule has 0 radical (unpaired) electrons. The zero-order valence-electron chi connectivity index (χ0n) is 13.4. The number of benzene rings is 1. The summed E-state index contributed by atoms with van der Waals surface area (Å²) in [5, 5.41) is 0. The highest BCUT2D eigenvalue weighted by molar-refractivity contribution is 5.92. The topological polar surface area (TPSA) is 32.7 Å². The van der Waals surface area contributed by atoms with E-state index in [4.69, 9.17) is 0 Å². The normalized spacial score (nSPS) is 11.7. The second-order valence-electron chi connectivity index (χ2n) is 5.59. The Kier molecular flexibility index (Phi) is 5.82. The van der Waals surface area contributed by atoms with Crippen molar-refractivity contribution >= 4 is 17.3 Å². The van der Waals surface area contributed by atoms with E-state index in [1.807, 2.05) is 25.8 Å². The molecule has 21 heavy (non-hydrogen) atoms. The summed E-state index contributed by atoms with van der Waals surface area (Å²) in [5.41, 5.74) is 1.91. The van der Waals surface area contributed by atoms with Gasteiger partial charge in [0.2, 0.25) is 0 Å². The van der Waals surface area contributed by atoms with E-state index in [-0.39, 0.29) is 17.5 Å². The van der Waals surface area contributed by atoms with Gasteiger partial charge >= 0.3 is 0 Å². The van der Waals surface area contributed by atoms with Crippen molar-refractivity contribution in [2.75, 3.05) is 13.6 Å². The summed E-state index contributed by atoms with van der Waals surface area (Å²) < 4.78 is 13.3. The molecule has 1 aromatic rings. The fourth-order valence-corrected chi connectivity index (χ4v) is 2.10. The number of hydrogen-bond acceptors (Lipinski definition) is 2. The van der Waals surface area contributed by atoms with E-state index in [9.17, 15) is 9.18 Å². The van der Waals surface area contributed by atoms with Crippen LogP contribution in [-0.4, -0.2) is 30.1 Å². The minimum absolute atomic E-state index is 0.0779. The Morgan fingerprint density at radius 2 is 2.05 bits per heavy atom. The molecule has 0 spiro atoms. The molecule has 4 heteroatoms. The molecule has 0 atom stereocenters. The molecule has 1 aromatic carbocycles. The molecule has 0 amide bonds. The van der Waals surface area contributed by atoms with Crippen LogP contribution in [0.2, 0.25) is 0 Å². The fourth-order valence-electron chi connectivity index (χ4n) is 2.10. The van der Waals surface area contributed by atoms with Gasteiger partial charge in [0.15, 0.2) is 0 Å². The lowest BCUT2D eigenvalue weighted by atomic mass is 10.1. The van der Waals surface area contributed by atoms with Crippen LogP contribution < -0.4 is 0 Å². The van der Waals surface area contributed by atoms with E-state index in [2.05, 4.69) is 11.6 Å². The number of Topliss-reactive ketones (excluding diaryl/α,β-unsaturated/α-hetero) is 1. The fraction of sp³-hybridized carbons (Fsp3) is 0.412. The number of amidine groups is 1. The van der Waals surface area contributed by atoms with Gasteiger partial charge in [-0.25, -0.2) is 9.38 Å². The van der Waals surface area contributed by atoms with Gasteiger partial charge in [0.25, 0.3) is 0 Å². The molecule has 0 bridgehead atoms. The zero-order chi connectivity index (χ0) is 16.2. The Bertz CT molecular complexity index is 576. The van der Waals surface area contributed by atoms with Gasteiger partial charge in [0.05, 0.1) is 12.2 Å². The lowest BCUT2D eigenvalue weighted by Crippen LogP contribution is -2.34. The van der Waals surface area contributed by atoms with Crippen LogP contribution in [0.25, 0.3) is 5.70 Å². The number of halogens is 1. The molecule has 0 aromatic heterocycles. The molecule has 1 rings (SSSR count). The number of carbonyl (C=O) groups is 1. The van der Waals surface area contributed by atoms with Crippen LogP contribution in [0.4, 0.5) is 4.39 Å². The summed E-state index contributed by atoms with van der Waals surface area (Å²) in [5.74, 6) is 0.784. The summed E-state index contributed by atoms with van der Waals surface area (Å²) in [7, 11) is 1.84. The highest BCUT2D eigenvalue weighted by atomic mass is 19.1. The first-order chi connectivity index (χ1) is 9.72. The Morgan fingerprint density at radius 3 is 2.52 bits per heavy atom. The highest BCUT2D eigenvalue weighted by Crippen LogP contribution is 2.19. The van der Waals surface area contributed by atoms with Crippen molar-refractivity contribution in [3.05, 3.63) is 41.7 Å². The molecule has 0 aliphatic heterocycles. The minimum Gasteiger partial charge on any atom is -0.356 e. The molecule has 0 unspecified atom stereocenters. The van der Waals surface area contributed by atoms with Crippen LogP contribution in [0.3, 0.4) is 0 Å². The van der Waals surface area contributed by atoms with Crippen molar-refractivity contribution in [1.29, 1.82) is 0 Å². The smallest absolute Gasteiger partial charge is 0.149 e. The molecule has 0 N–H and O–H groups in total. The monoisotopic (exact) mass is 290 g/mol. The number of aryl methyl sites for hydroxylation is 1. The summed E-state index contributed by atoms with van der Waals surface area (Å²) in [6.45, 7) is 11.6. The van der Waals surface area contributed by atoms with Crippen LogP contribution in [-0.2, 0) is 4.79 Å². The van der Waals surface area contributed by atoms with Crippen LogP contribution in [0, 0.1) is 18.7 Å². The van der Waals surface area contributed by atoms with E-state index in [0.29, 0.717) is 17.8 Å². The Balaban J connectivity index is 3.06. The standard InChI is InChI=1S/C17H23FN2O/c1-11(2)17(20(6)10-13(4)21)19-14(5)15-7-8-16(18)12(3)9-15/h7-9,11H,5,10H2,1-4,6H3. The van der Waals surface area contributed by atoms with Crippen molar-refractivity contribution in [2.24, 2.45) is 10.9 Å². The van der Waals surface area contributed by atoms with Crippen LogP contribution in [0.1, 0.15) is 31.9 Å². The molecule has 0 fully saturated rings. The van der Waals surface area contributed by atoms with Gasteiger partial charge in [-0.15, -0.1) is 0 Å². The first-order valence-electron chi connectivity index (χ1n) is 6.97. The summed E-state index contributed by atoms with van der Waals surface area (Å²) in [4.78, 5) is 17.6. The number of hydrogen-bond donors (Lipinski definition) is 0. The lowest BCUT2D eigenvalue weighted by molar-refractivity contribution is -0.117. The predicted octanol–water partition coefficient (Wildman–Crippen LogP) is 3.68. The molecule has 3 nitrogen and oxygen atoms in total. The summed E-state index contributed by atoms with van der Waals surface area (Å²) in [6, 6.07) is 4.81. The summed E-state index contributed by atoms with van der Waals surface area (Å²) >= 11 is 0. The maximum atomic E-state index is 13.3. The van der Waals surface area contributed by atoms with Gasteiger partial charge < -0.3 is 4.90 Å². The first-order valence-corrected chi connectivity index (χ1v) is 6.97. The molecular formula is C17H23FN2O. The highest BCUT2D eigenvalue weighted by Gasteiger charge is 2.13. The third-order valence-electron chi connectivity index (χ3n) is 3.11. The molecule has 0 saturated carbocycles. The van der Waals surface area contributed by atoms with Crippen molar-refractivity contribution in [2.45, 2.75) is 27.7 Å². The SMILES string of the molecule is C=C(N=C(C(C)C)N(C)CC(C)=O)c1ccc(F)c(C)c1. The molecule has 114 valence electrons. The average molecular weight is 290 g/mol. The van der Waals surface area contributed by atoms with E-state index in [0.717, 1.165) is 11.4 Å². The number of nitrogens with zero attached hydrogens (tertiary/aromatic N) is 2. The van der Waals surface area contributed by atoms with Crippen molar-refractivity contribution in [3.8, 4) is 0 Å². The van der Waals surface area contributed by atoms with Gasteiger partial charge in [-0.05, 0) is 37.6 Å². The molecule has 0 saturated heterocycles. The van der Waals surface area contributed by atoms with E-state index in [1.54, 1.807) is 26.0 Å². The van der Waals surface area contributed by atoms with Gasteiger partial charge in [-0.1, -0.05) is 20.4 Å². The maximum absolute atomic E-state index is 13.3. The quantitative estimate of drug-likeness (QED) is 0.612. The third kappa shape index (κ3) is 4.81. The Hall–Kier alpha value is -1.97. The predicted molar refractivity (Wildman–Crippen MR) is 85.8 cm³/mol. The van der Waals surface area contributed by atoms with E-state index < -0.39 is 0 Å². The number of aliphatic imine (C=N–C) groups is 1. The first kappa shape index (κ1) is 17.1. The van der Waals surface area contributed by atoms with Crippen molar-refractivity contribution in [3.63, 3.8) is 0 Å². The van der Waals surface area contributed by atoms with Crippen LogP contribution in [0.15, 0.2) is 29.8 Å². The number of ketones is 1. The lowest BCUT2D eigenvalue weighted by Gasteiger charge is -2.23. The maximum Gasteiger partial charge on any atom is 0.149 e. The van der Waals surface area contributed by atoms with Crippen LogP contribution >= 0.6 is 0 Å². The minimum atomic E-state index is -0.242. The Labute approximate surface area is 126 Å². The molecule has 0 aliphatic carbocycles. The average Bonchev–Trinajstić information content (AvgIpc) is 2.37. The van der Waals surface area contributed by atoms with Gasteiger partial charge in [0, 0.05) is 18.5 Å². The Morgan fingerprint density at radius 1 is 1.43 bits per heavy atom. The second kappa shape index (κ2) is 7.16. The van der Waals surface area contributed by atoms with Crippen LogP contribution in [0.5, 0.6) is 0 Å². The molecule has 0 aliphatic rings. The zero-order valence-corrected chi connectivity index (χ0v) is 13.4. The van der Waals surface area contributed by atoms with Gasteiger partial charge in [-0.2, -0.15) is 0 Å². The van der Waals surface area contributed by atoms with Gasteiger partial charge in [-0.3, -0.25) is 4.79 Å². The van der Waals surface area contributed by atoms with Gasteiger partial charge in [0.1, 0.15) is 17.4 Å². The number of likely N-dealkylation sites (N-methyl/N-ethyl adjacent to an activating group) is 1. The number of carbonyl (C=O) groups excluding carboxylic acids is 1.